The minimum absolute atomic E-state index is 0.0746. The van der Waals surface area contributed by atoms with Crippen molar-refractivity contribution in [3.63, 3.8) is 0 Å². The fourth-order valence-electron chi connectivity index (χ4n) is 0.848. The van der Waals surface area contributed by atoms with Gasteiger partial charge in [-0.25, -0.2) is 0 Å². The zero-order chi connectivity index (χ0) is 9.68. The number of thioether (sulfide) groups is 1. The van der Waals surface area contributed by atoms with Gasteiger partial charge in [-0.3, -0.25) is 9.78 Å². The van der Waals surface area contributed by atoms with Crippen molar-refractivity contribution in [1.82, 2.24) is 4.98 Å². The highest BCUT2D eigenvalue weighted by atomic mass is 32.2. The van der Waals surface area contributed by atoms with Gasteiger partial charge in [-0.1, -0.05) is 0 Å². The number of nitrogens with two attached hydrogens (primary N) is 1. The molecule has 0 aliphatic carbocycles. The second kappa shape index (κ2) is 4.84. The van der Waals surface area contributed by atoms with E-state index in [4.69, 9.17) is 10.8 Å². The number of primary amides is 1. The summed E-state index contributed by atoms with van der Waals surface area (Å²) in [5, 5.41) is 8.60. The standard InChI is InChI=1S/C8H10N2O2S/c9-8(12)6-5-10-2-1-7(6)13-4-3-11/h1-2,5,11H,3-4H2,(H2,9,12). The summed E-state index contributed by atoms with van der Waals surface area (Å²) in [4.78, 5) is 15.4. The Morgan fingerprint density at radius 1 is 1.69 bits per heavy atom. The Morgan fingerprint density at radius 3 is 3.08 bits per heavy atom. The van der Waals surface area contributed by atoms with E-state index in [0.717, 1.165) is 4.90 Å². The normalized spacial score (nSPS) is 9.92. The van der Waals surface area contributed by atoms with E-state index in [1.54, 1.807) is 12.3 Å². The van der Waals surface area contributed by atoms with Gasteiger partial charge in [0.2, 0.25) is 0 Å². The van der Waals surface area contributed by atoms with Crippen molar-refractivity contribution < 1.29 is 9.90 Å². The Labute approximate surface area is 80.2 Å². The zero-order valence-corrected chi connectivity index (χ0v) is 7.75. The van der Waals surface area contributed by atoms with Crippen molar-refractivity contribution in [3.05, 3.63) is 24.0 Å². The van der Waals surface area contributed by atoms with Crippen LogP contribution in [0.3, 0.4) is 0 Å². The Morgan fingerprint density at radius 2 is 2.46 bits per heavy atom. The lowest BCUT2D eigenvalue weighted by molar-refractivity contribution is 0.0997. The molecule has 1 rings (SSSR count). The lowest BCUT2D eigenvalue weighted by atomic mass is 10.3. The summed E-state index contributed by atoms with van der Waals surface area (Å²) in [5.41, 5.74) is 5.54. The molecule has 0 atom stereocenters. The first-order valence-corrected chi connectivity index (χ1v) is 4.71. The van der Waals surface area contributed by atoms with Crippen LogP contribution >= 0.6 is 11.8 Å². The fourth-order valence-corrected chi connectivity index (χ4v) is 1.63. The predicted molar refractivity (Wildman–Crippen MR) is 50.6 cm³/mol. The number of aromatic nitrogens is 1. The van der Waals surface area contributed by atoms with E-state index in [2.05, 4.69) is 4.98 Å². The quantitative estimate of drug-likeness (QED) is 0.681. The zero-order valence-electron chi connectivity index (χ0n) is 6.93. The van der Waals surface area contributed by atoms with E-state index in [0.29, 0.717) is 11.3 Å². The van der Waals surface area contributed by atoms with Gasteiger partial charge in [0.1, 0.15) is 0 Å². The van der Waals surface area contributed by atoms with E-state index >= 15 is 0 Å². The van der Waals surface area contributed by atoms with Gasteiger partial charge in [0.05, 0.1) is 12.2 Å². The number of carbonyl (C=O) groups excluding carboxylic acids is 1. The molecule has 1 aromatic heterocycles. The van der Waals surface area contributed by atoms with E-state index in [1.165, 1.54) is 18.0 Å². The first-order chi connectivity index (χ1) is 6.25. The third-order valence-electron chi connectivity index (χ3n) is 1.40. The number of aliphatic hydroxyl groups is 1. The number of pyridine rings is 1. The van der Waals surface area contributed by atoms with Crippen molar-refractivity contribution in [2.75, 3.05) is 12.4 Å². The SMILES string of the molecule is NC(=O)c1cnccc1SCCO. The van der Waals surface area contributed by atoms with Crippen molar-refractivity contribution in [2.24, 2.45) is 5.73 Å². The van der Waals surface area contributed by atoms with Gasteiger partial charge in [0.15, 0.2) is 0 Å². The molecule has 4 nitrogen and oxygen atoms in total. The molecule has 1 amide bonds. The third-order valence-corrected chi connectivity index (χ3v) is 2.45. The van der Waals surface area contributed by atoms with E-state index in [9.17, 15) is 4.79 Å². The van der Waals surface area contributed by atoms with E-state index in [-0.39, 0.29) is 6.61 Å². The second-order valence-electron chi connectivity index (χ2n) is 2.31. The van der Waals surface area contributed by atoms with Crippen LogP contribution in [0, 0.1) is 0 Å². The summed E-state index contributed by atoms with van der Waals surface area (Å²) in [5.74, 6) is 0.0538. The molecule has 5 heteroatoms. The summed E-state index contributed by atoms with van der Waals surface area (Å²) in [6.45, 7) is 0.0746. The summed E-state index contributed by atoms with van der Waals surface area (Å²) >= 11 is 1.38. The van der Waals surface area contributed by atoms with Gasteiger partial charge in [-0.15, -0.1) is 11.8 Å². The topological polar surface area (TPSA) is 76.2 Å². The molecule has 70 valence electrons. The lowest BCUT2D eigenvalue weighted by Gasteiger charge is -2.03. The first kappa shape index (κ1) is 10.0. The van der Waals surface area contributed by atoms with E-state index in [1.807, 2.05) is 0 Å². The number of hydrogen-bond donors (Lipinski definition) is 2. The molecule has 1 heterocycles. The molecule has 0 aliphatic heterocycles. The Bertz CT molecular complexity index is 304. The van der Waals surface area contributed by atoms with Crippen LogP contribution in [0.15, 0.2) is 23.4 Å². The molecule has 0 saturated carbocycles. The molecule has 0 aromatic carbocycles. The Balaban J connectivity index is 2.84. The molecule has 0 bridgehead atoms. The van der Waals surface area contributed by atoms with Crippen molar-refractivity contribution >= 4 is 17.7 Å². The minimum atomic E-state index is -0.492. The molecule has 0 unspecified atom stereocenters. The molecular formula is C8H10N2O2S. The van der Waals surface area contributed by atoms with Crippen LogP contribution in [0.1, 0.15) is 10.4 Å². The number of carbonyl (C=O) groups is 1. The summed E-state index contributed by atoms with van der Waals surface area (Å²) in [6.07, 6.45) is 3.02. The molecule has 0 saturated heterocycles. The second-order valence-corrected chi connectivity index (χ2v) is 3.44. The minimum Gasteiger partial charge on any atom is -0.396 e. The highest BCUT2D eigenvalue weighted by Crippen LogP contribution is 2.20. The summed E-state index contributed by atoms with van der Waals surface area (Å²) in [7, 11) is 0. The lowest BCUT2D eigenvalue weighted by Crippen LogP contribution is -2.12. The molecule has 3 N–H and O–H groups in total. The highest BCUT2D eigenvalue weighted by molar-refractivity contribution is 7.99. The maximum Gasteiger partial charge on any atom is 0.251 e. The molecule has 13 heavy (non-hydrogen) atoms. The molecule has 0 spiro atoms. The number of aliphatic hydroxyl groups excluding tert-OH is 1. The molecule has 0 aliphatic rings. The van der Waals surface area contributed by atoms with Gasteiger partial charge >= 0.3 is 0 Å². The molecule has 0 fully saturated rings. The van der Waals surface area contributed by atoms with Gasteiger partial charge in [-0.05, 0) is 6.07 Å². The van der Waals surface area contributed by atoms with Gasteiger partial charge in [0.25, 0.3) is 5.91 Å². The smallest absolute Gasteiger partial charge is 0.251 e. The average Bonchev–Trinajstić information content (AvgIpc) is 2.15. The van der Waals surface area contributed by atoms with Crippen LogP contribution in [-0.2, 0) is 0 Å². The van der Waals surface area contributed by atoms with Crippen LogP contribution in [-0.4, -0.2) is 28.4 Å². The van der Waals surface area contributed by atoms with Crippen molar-refractivity contribution in [2.45, 2.75) is 4.90 Å². The number of nitrogens with zero attached hydrogens (tertiary/aromatic N) is 1. The summed E-state index contributed by atoms with van der Waals surface area (Å²) in [6, 6.07) is 1.71. The van der Waals surface area contributed by atoms with Gasteiger partial charge in [-0.2, -0.15) is 0 Å². The number of amides is 1. The fraction of sp³-hybridized carbons (Fsp3) is 0.250. The first-order valence-electron chi connectivity index (χ1n) is 3.73. The van der Waals surface area contributed by atoms with Crippen LogP contribution in [0.4, 0.5) is 0 Å². The van der Waals surface area contributed by atoms with Crippen LogP contribution in [0.25, 0.3) is 0 Å². The Kier molecular flexibility index (Phi) is 3.72. The third kappa shape index (κ3) is 2.71. The number of rotatable bonds is 4. The summed E-state index contributed by atoms with van der Waals surface area (Å²) < 4.78 is 0. The van der Waals surface area contributed by atoms with Crippen LogP contribution in [0.2, 0.25) is 0 Å². The monoisotopic (exact) mass is 198 g/mol. The highest BCUT2D eigenvalue weighted by Gasteiger charge is 2.07. The maximum absolute atomic E-state index is 10.9. The Hall–Kier alpha value is -1.07. The van der Waals surface area contributed by atoms with Gasteiger partial charge < -0.3 is 10.8 Å². The largest absolute Gasteiger partial charge is 0.396 e. The maximum atomic E-state index is 10.9. The van der Waals surface area contributed by atoms with Crippen molar-refractivity contribution in [3.8, 4) is 0 Å². The molecule has 1 aromatic rings. The molecule has 0 radical (unpaired) electrons. The number of hydrogen-bond acceptors (Lipinski definition) is 4. The van der Waals surface area contributed by atoms with Gasteiger partial charge in [0, 0.05) is 23.0 Å². The van der Waals surface area contributed by atoms with Crippen LogP contribution < -0.4 is 5.73 Å². The van der Waals surface area contributed by atoms with Crippen LogP contribution in [0.5, 0.6) is 0 Å². The molecular weight excluding hydrogens is 188 g/mol. The van der Waals surface area contributed by atoms with E-state index < -0.39 is 5.91 Å². The van der Waals surface area contributed by atoms with Crippen molar-refractivity contribution in [1.29, 1.82) is 0 Å². The predicted octanol–water partition coefficient (Wildman–Crippen LogP) is 0.265. The average molecular weight is 198 g/mol.